The molecule has 1 N–H and O–H groups in total. The van der Waals surface area contributed by atoms with Crippen LogP contribution in [0.25, 0.3) is 0 Å². The van der Waals surface area contributed by atoms with Crippen molar-refractivity contribution in [3.63, 3.8) is 0 Å². The number of nitrogens with one attached hydrogen (secondary N) is 1. The number of hydrogen-bond acceptors (Lipinski definition) is 3. The van der Waals surface area contributed by atoms with Crippen molar-refractivity contribution in [2.24, 2.45) is 0 Å². The quantitative estimate of drug-likeness (QED) is 0.795. The number of hydrogen-bond donors (Lipinski definition) is 1. The minimum atomic E-state index is 0.601. The van der Waals surface area contributed by atoms with E-state index in [1.807, 2.05) is 19.1 Å². The van der Waals surface area contributed by atoms with E-state index < -0.39 is 0 Å². The highest BCUT2D eigenvalue weighted by Gasteiger charge is 2.18. The van der Waals surface area contributed by atoms with Crippen molar-refractivity contribution in [3.8, 4) is 5.75 Å². The van der Waals surface area contributed by atoms with Crippen molar-refractivity contribution in [1.29, 1.82) is 0 Å². The van der Waals surface area contributed by atoms with Gasteiger partial charge in [0.2, 0.25) is 0 Å². The summed E-state index contributed by atoms with van der Waals surface area (Å²) in [6, 6.07) is 4.46. The fourth-order valence-corrected chi connectivity index (χ4v) is 1.52. The molecule has 0 amide bonds. The topological polar surface area (TPSA) is 34.1 Å². The predicted molar refractivity (Wildman–Crippen MR) is 56.7 cm³/mol. The van der Waals surface area contributed by atoms with E-state index in [4.69, 9.17) is 4.74 Å². The fourth-order valence-electron chi connectivity index (χ4n) is 1.52. The molecule has 2 rings (SSSR count). The van der Waals surface area contributed by atoms with Gasteiger partial charge >= 0.3 is 0 Å². The van der Waals surface area contributed by atoms with E-state index in [0.29, 0.717) is 12.6 Å². The van der Waals surface area contributed by atoms with Gasteiger partial charge in [0.15, 0.2) is 11.6 Å². The molecule has 0 saturated heterocycles. The van der Waals surface area contributed by atoms with Crippen molar-refractivity contribution in [2.75, 3.05) is 11.9 Å². The largest absolute Gasteiger partial charge is 0.490 e. The summed E-state index contributed by atoms with van der Waals surface area (Å²) in [6.45, 7) is 2.67. The third kappa shape index (κ3) is 1.97. The Kier molecular flexibility index (Phi) is 2.87. The van der Waals surface area contributed by atoms with Crippen LogP contribution in [0.2, 0.25) is 0 Å². The Morgan fingerprint density at radius 2 is 2.43 bits per heavy atom. The van der Waals surface area contributed by atoms with Gasteiger partial charge in [0.25, 0.3) is 0 Å². The van der Waals surface area contributed by atoms with Crippen molar-refractivity contribution >= 4 is 5.82 Å². The lowest BCUT2D eigenvalue weighted by Crippen LogP contribution is -2.27. The number of anilines is 1. The maximum Gasteiger partial charge on any atom is 0.168 e. The fraction of sp³-hybridized carbons (Fsp3) is 0.545. The molecule has 1 saturated carbocycles. The zero-order valence-electron chi connectivity index (χ0n) is 8.49. The number of nitrogens with zero attached hydrogens (tertiary/aromatic N) is 1. The molecule has 3 nitrogen and oxygen atoms in total. The number of aromatic nitrogens is 1. The van der Waals surface area contributed by atoms with Crippen LogP contribution in [0.15, 0.2) is 18.3 Å². The molecule has 1 aliphatic carbocycles. The Morgan fingerprint density at radius 1 is 1.57 bits per heavy atom. The summed E-state index contributed by atoms with van der Waals surface area (Å²) in [7, 11) is 0. The highest BCUT2D eigenvalue weighted by molar-refractivity contribution is 5.50. The Hall–Kier alpha value is -1.25. The number of ether oxygens (including phenoxy) is 1. The van der Waals surface area contributed by atoms with Crippen LogP contribution >= 0.6 is 0 Å². The van der Waals surface area contributed by atoms with Crippen LogP contribution in [0.1, 0.15) is 26.2 Å². The molecule has 1 aliphatic rings. The van der Waals surface area contributed by atoms with Crippen LogP contribution in [0, 0.1) is 0 Å². The molecule has 0 unspecified atom stereocenters. The summed E-state index contributed by atoms with van der Waals surface area (Å²) < 4.78 is 5.48. The van der Waals surface area contributed by atoms with Crippen LogP contribution in [0.3, 0.4) is 0 Å². The van der Waals surface area contributed by atoms with Gasteiger partial charge in [-0.25, -0.2) is 4.98 Å². The second-order valence-electron chi connectivity index (χ2n) is 3.56. The summed E-state index contributed by atoms with van der Waals surface area (Å²) in [4.78, 5) is 4.28. The molecule has 0 aromatic carbocycles. The second-order valence-corrected chi connectivity index (χ2v) is 3.56. The standard InChI is InChI=1S/C11H16N2O/c1-2-14-10-7-4-8-12-11(10)13-9-5-3-6-9/h4,7-9H,2-3,5-6H2,1H3,(H,12,13). The van der Waals surface area contributed by atoms with Crippen LogP contribution in [-0.2, 0) is 0 Å². The SMILES string of the molecule is CCOc1cccnc1NC1CCC1. The second kappa shape index (κ2) is 4.31. The molecule has 76 valence electrons. The number of pyridine rings is 1. The summed E-state index contributed by atoms with van der Waals surface area (Å²) in [5, 5.41) is 3.40. The Labute approximate surface area is 84.5 Å². The van der Waals surface area contributed by atoms with E-state index in [9.17, 15) is 0 Å². The molecule has 0 radical (unpaired) electrons. The minimum Gasteiger partial charge on any atom is -0.490 e. The summed E-state index contributed by atoms with van der Waals surface area (Å²) in [5.41, 5.74) is 0. The van der Waals surface area contributed by atoms with Crippen molar-refractivity contribution in [2.45, 2.75) is 32.2 Å². The highest BCUT2D eigenvalue weighted by Crippen LogP contribution is 2.27. The molecule has 1 heterocycles. The third-order valence-electron chi connectivity index (χ3n) is 2.52. The van der Waals surface area contributed by atoms with Crippen LogP contribution in [0.5, 0.6) is 5.75 Å². The van der Waals surface area contributed by atoms with Crippen molar-refractivity contribution in [3.05, 3.63) is 18.3 Å². The van der Waals surface area contributed by atoms with Gasteiger partial charge in [0, 0.05) is 12.2 Å². The van der Waals surface area contributed by atoms with E-state index in [2.05, 4.69) is 10.3 Å². The Balaban J connectivity index is 2.05. The summed E-state index contributed by atoms with van der Waals surface area (Å²) in [6.07, 6.45) is 5.63. The smallest absolute Gasteiger partial charge is 0.168 e. The lowest BCUT2D eigenvalue weighted by Gasteiger charge is -2.27. The molecule has 1 aromatic heterocycles. The maximum absolute atomic E-state index is 5.48. The highest BCUT2D eigenvalue weighted by atomic mass is 16.5. The first kappa shape index (κ1) is 9.31. The molecular formula is C11H16N2O. The monoisotopic (exact) mass is 192 g/mol. The molecule has 3 heteroatoms. The van der Waals surface area contributed by atoms with E-state index >= 15 is 0 Å². The zero-order chi connectivity index (χ0) is 9.80. The van der Waals surface area contributed by atoms with Crippen LogP contribution in [-0.4, -0.2) is 17.6 Å². The first-order chi connectivity index (χ1) is 6.90. The van der Waals surface area contributed by atoms with E-state index in [-0.39, 0.29) is 0 Å². The van der Waals surface area contributed by atoms with Gasteiger partial charge in [-0.3, -0.25) is 0 Å². The molecule has 1 fully saturated rings. The van der Waals surface area contributed by atoms with Gasteiger partial charge in [-0.15, -0.1) is 0 Å². The van der Waals surface area contributed by atoms with Gasteiger partial charge in [0.05, 0.1) is 6.61 Å². The first-order valence-electron chi connectivity index (χ1n) is 5.24. The van der Waals surface area contributed by atoms with E-state index in [0.717, 1.165) is 11.6 Å². The molecule has 14 heavy (non-hydrogen) atoms. The van der Waals surface area contributed by atoms with E-state index in [1.165, 1.54) is 19.3 Å². The summed E-state index contributed by atoms with van der Waals surface area (Å²) >= 11 is 0. The molecule has 0 atom stereocenters. The van der Waals surface area contributed by atoms with Crippen LogP contribution < -0.4 is 10.1 Å². The lowest BCUT2D eigenvalue weighted by atomic mass is 9.93. The third-order valence-corrected chi connectivity index (χ3v) is 2.52. The van der Waals surface area contributed by atoms with Crippen molar-refractivity contribution in [1.82, 2.24) is 4.98 Å². The predicted octanol–water partition coefficient (Wildman–Crippen LogP) is 2.44. The summed E-state index contributed by atoms with van der Waals surface area (Å²) in [5.74, 6) is 1.75. The minimum absolute atomic E-state index is 0.601. The molecular weight excluding hydrogens is 176 g/mol. The van der Waals surface area contributed by atoms with Gasteiger partial charge in [-0.2, -0.15) is 0 Å². The molecule has 0 bridgehead atoms. The van der Waals surface area contributed by atoms with Gasteiger partial charge in [0.1, 0.15) is 0 Å². The zero-order valence-corrected chi connectivity index (χ0v) is 8.49. The molecule has 0 aliphatic heterocycles. The average Bonchev–Trinajstić information content (AvgIpc) is 2.14. The lowest BCUT2D eigenvalue weighted by molar-refractivity contribution is 0.339. The molecule has 1 aromatic rings. The average molecular weight is 192 g/mol. The Morgan fingerprint density at radius 3 is 3.07 bits per heavy atom. The molecule has 0 spiro atoms. The normalized spacial score (nSPS) is 16.1. The number of rotatable bonds is 4. The maximum atomic E-state index is 5.48. The van der Waals surface area contributed by atoms with Crippen LogP contribution in [0.4, 0.5) is 5.82 Å². The first-order valence-corrected chi connectivity index (χ1v) is 5.24. The van der Waals surface area contributed by atoms with Gasteiger partial charge in [-0.1, -0.05) is 0 Å². The van der Waals surface area contributed by atoms with Crippen molar-refractivity contribution < 1.29 is 4.74 Å². The van der Waals surface area contributed by atoms with Gasteiger partial charge < -0.3 is 10.1 Å². The Bertz CT molecular complexity index is 297. The van der Waals surface area contributed by atoms with E-state index in [1.54, 1.807) is 6.20 Å². The van der Waals surface area contributed by atoms with Gasteiger partial charge in [-0.05, 0) is 38.3 Å².